The number of nitrogens with one attached hydrogen (secondary N) is 1. The van der Waals surface area contributed by atoms with E-state index in [1.165, 1.54) is 6.07 Å². The van der Waals surface area contributed by atoms with E-state index < -0.39 is 5.95 Å². The van der Waals surface area contributed by atoms with Gasteiger partial charge >= 0.3 is 0 Å². The molecule has 0 spiro atoms. The Balaban J connectivity index is 2.00. The molecule has 100 valence electrons. The summed E-state index contributed by atoms with van der Waals surface area (Å²) in [5.41, 5.74) is 1.01. The number of rotatable bonds is 5. The highest BCUT2D eigenvalue weighted by Crippen LogP contribution is 2.47. The quantitative estimate of drug-likeness (QED) is 0.817. The highest BCUT2D eigenvalue weighted by molar-refractivity contribution is 5.42. The van der Waals surface area contributed by atoms with E-state index in [2.05, 4.69) is 24.1 Å². The van der Waals surface area contributed by atoms with Gasteiger partial charge in [0.15, 0.2) is 0 Å². The molecule has 1 aliphatic rings. The topological polar surface area (TPSA) is 34.1 Å². The highest BCUT2D eigenvalue weighted by atomic mass is 19.1. The third-order valence-corrected chi connectivity index (χ3v) is 4.18. The van der Waals surface area contributed by atoms with Crippen molar-refractivity contribution >= 4 is 5.69 Å². The molecule has 3 nitrogen and oxygen atoms in total. The van der Waals surface area contributed by atoms with E-state index in [0.717, 1.165) is 25.1 Å². The zero-order valence-electron chi connectivity index (χ0n) is 11.2. The fraction of sp³-hybridized carbons (Fsp3) is 0.643. The minimum atomic E-state index is -0.445. The molecule has 4 heteroatoms. The monoisotopic (exact) mass is 252 g/mol. The number of aromatic nitrogens is 1. The molecule has 0 saturated heterocycles. The van der Waals surface area contributed by atoms with Crippen LogP contribution in [0.2, 0.25) is 0 Å². The summed E-state index contributed by atoms with van der Waals surface area (Å²) in [4.78, 5) is 3.66. The van der Waals surface area contributed by atoms with E-state index in [9.17, 15) is 4.39 Å². The van der Waals surface area contributed by atoms with Crippen LogP contribution < -0.4 is 5.32 Å². The fourth-order valence-corrected chi connectivity index (χ4v) is 2.64. The van der Waals surface area contributed by atoms with Gasteiger partial charge in [-0.05, 0) is 31.9 Å². The first-order valence-electron chi connectivity index (χ1n) is 6.59. The Morgan fingerprint density at radius 2 is 2.28 bits per heavy atom. The van der Waals surface area contributed by atoms with Gasteiger partial charge in [-0.25, -0.2) is 4.98 Å². The largest absolute Gasteiger partial charge is 0.380 e. The predicted octanol–water partition coefficient (Wildman–Crippen LogP) is 3.23. The van der Waals surface area contributed by atoms with Gasteiger partial charge in [0.25, 0.3) is 0 Å². The van der Waals surface area contributed by atoms with Crippen molar-refractivity contribution in [3.8, 4) is 0 Å². The van der Waals surface area contributed by atoms with Crippen LogP contribution in [0, 0.1) is 11.4 Å². The van der Waals surface area contributed by atoms with E-state index in [0.29, 0.717) is 12.1 Å². The molecule has 2 rings (SSSR count). The van der Waals surface area contributed by atoms with Gasteiger partial charge in [-0.1, -0.05) is 13.8 Å². The Hall–Kier alpha value is -1.16. The van der Waals surface area contributed by atoms with Crippen molar-refractivity contribution in [1.82, 2.24) is 4.98 Å². The number of hydrogen-bond donors (Lipinski definition) is 1. The van der Waals surface area contributed by atoms with Crippen LogP contribution in [0.25, 0.3) is 0 Å². The molecule has 3 unspecified atom stereocenters. The summed E-state index contributed by atoms with van der Waals surface area (Å²) in [7, 11) is 0. The van der Waals surface area contributed by atoms with Crippen molar-refractivity contribution in [3.63, 3.8) is 0 Å². The lowest BCUT2D eigenvalue weighted by atomic mass is 9.61. The second-order valence-corrected chi connectivity index (χ2v) is 5.11. The summed E-state index contributed by atoms with van der Waals surface area (Å²) < 4.78 is 18.5. The van der Waals surface area contributed by atoms with Crippen molar-refractivity contribution in [2.45, 2.75) is 45.8 Å². The first kappa shape index (κ1) is 13.3. The summed E-state index contributed by atoms with van der Waals surface area (Å²) >= 11 is 0. The lowest BCUT2D eigenvalue weighted by Crippen LogP contribution is -2.59. The molecule has 18 heavy (non-hydrogen) atoms. The Labute approximate surface area is 108 Å². The predicted molar refractivity (Wildman–Crippen MR) is 70.0 cm³/mol. The number of anilines is 1. The van der Waals surface area contributed by atoms with Crippen LogP contribution in [0.4, 0.5) is 10.1 Å². The first-order chi connectivity index (χ1) is 8.60. The van der Waals surface area contributed by atoms with Crippen LogP contribution in [-0.4, -0.2) is 23.7 Å². The normalized spacial score (nSPS) is 30.9. The summed E-state index contributed by atoms with van der Waals surface area (Å²) in [6.07, 6.45) is 3.91. The van der Waals surface area contributed by atoms with E-state index in [1.807, 2.05) is 6.92 Å². The van der Waals surface area contributed by atoms with Crippen LogP contribution >= 0.6 is 0 Å². The van der Waals surface area contributed by atoms with Crippen LogP contribution in [0.1, 0.15) is 33.6 Å². The average Bonchev–Trinajstić information content (AvgIpc) is 2.39. The maximum absolute atomic E-state index is 12.7. The molecule has 1 saturated carbocycles. The maximum Gasteiger partial charge on any atom is 0.212 e. The van der Waals surface area contributed by atoms with Gasteiger partial charge in [-0.15, -0.1) is 0 Å². The van der Waals surface area contributed by atoms with Gasteiger partial charge in [-0.3, -0.25) is 0 Å². The molecular weight excluding hydrogens is 231 g/mol. The molecule has 0 aliphatic heterocycles. The summed E-state index contributed by atoms with van der Waals surface area (Å²) in [5, 5.41) is 3.43. The lowest BCUT2D eigenvalue weighted by molar-refractivity contribution is -0.109. The van der Waals surface area contributed by atoms with Gasteiger partial charge in [0.1, 0.15) is 0 Å². The van der Waals surface area contributed by atoms with E-state index in [4.69, 9.17) is 4.74 Å². The first-order valence-corrected chi connectivity index (χ1v) is 6.59. The molecule has 0 bridgehead atoms. The van der Waals surface area contributed by atoms with Crippen molar-refractivity contribution in [3.05, 3.63) is 24.3 Å². The Kier molecular flexibility index (Phi) is 3.85. The van der Waals surface area contributed by atoms with E-state index in [-0.39, 0.29) is 5.41 Å². The molecule has 1 heterocycles. The van der Waals surface area contributed by atoms with Gasteiger partial charge in [0.05, 0.1) is 18.0 Å². The molecule has 1 aromatic heterocycles. The number of nitrogens with zero attached hydrogens (tertiary/aromatic N) is 1. The van der Waals surface area contributed by atoms with Gasteiger partial charge in [0.2, 0.25) is 5.95 Å². The van der Waals surface area contributed by atoms with E-state index >= 15 is 0 Å². The SMILES string of the molecule is CCOC1CC(Nc2ccc(F)nc2)C1(C)CC. The van der Waals surface area contributed by atoms with Crippen molar-refractivity contribution < 1.29 is 9.13 Å². The molecule has 1 fully saturated rings. The fourth-order valence-electron chi connectivity index (χ4n) is 2.64. The van der Waals surface area contributed by atoms with Gasteiger partial charge < -0.3 is 10.1 Å². The number of pyridine rings is 1. The van der Waals surface area contributed by atoms with Crippen LogP contribution in [0.5, 0.6) is 0 Å². The molecule has 1 aliphatic carbocycles. The number of halogens is 1. The Morgan fingerprint density at radius 1 is 1.50 bits per heavy atom. The number of hydrogen-bond acceptors (Lipinski definition) is 3. The highest BCUT2D eigenvalue weighted by Gasteiger charge is 2.51. The second-order valence-electron chi connectivity index (χ2n) is 5.11. The standard InChI is InChI=1S/C14H21FN2O/c1-4-14(3)11(8-12(14)18-5-2)17-10-6-7-13(15)16-9-10/h6-7,9,11-12,17H,4-5,8H2,1-3H3. The third kappa shape index (κ3) is 2.34. The molecule has 1 aromatic rings. The summed E-state index contributed by atoms with van der Waals surface area (Å²) in [5.74, 6) is -0.445. The smallest absolute Gasteiger partial charge is 0.212 e. The second kappa shape index (κ2) is 5.22. The van der Waals surface area contributed by atoms with Crippen molar-refractivity contribution in [2.24, 2.45) is 5.41 Å². The van der Waals surface area contributed by atoms with Crippen molar-refractivity contribution in [2.75, 3.05) is 11.9 Å². The average molecular weight is 252 g/mol. The minimum absolute atomic E-state index is 0.143. The van der Waals surface area contributed by atoms with Gasteiger partial charge in [0, 0.05) is 18.1 Å². The summed E-state index contributed by atoms with van der Waals surface area (Å²) in [6, 6.07) is 3.47. The molecule has 0 amide bonds. The third-order valence-electron chi connectivity index (χ3n) is 4.18. The number of ether oxygens (including phenoxy) is 1. The lowest BCUT2D eigenvalue weighted by Gasteiger charge is -2.53. The zero-order chi connectivity index (χ0) is 13.2. The molecule has 1 N–H and O–H groups in total. The minimum Gasteiger partial charge on any atom is -0.380 e. The Bertz CT molecular complexity index is 395. The molecule has 0 radical (unpaired) electrons. The van der Waals surface area contributed by atoms with E-state index in [1.54, 1.807) is 12.3 Å². The molecular formula is C14H21FN2O. The summed E-state index contributed by atoms with van der Waals surface area (Å²) in [6.45, 7) is 7.21. The Morgan fingerprint density at radius 3 is 2.83 bits per heavy atom. The van der Waals surface area contributed by atoms with Gasteiger partial charge in [-0.2, -0.15) is 4.39 Å². The zero-order valence-corrected chi connectivity index (χ0v) is 11.2. The molecule has 0 aromatic carbocycles. The van der Waals surface area contributed by atoms with Crippen molar-refractivity contribution in [1.29, 1.82) is 0 Å². The van der Waals surface area contributed by atoms with Crippen LogP contribution in [-0.2, 0) is 4.74 Å². The molecule has 3 atom stereocenters. The maximum atomic E-state index is 12.7. The van der Waals surface area contributed by atoms with Crippen LogP contribution in [0.3, 0.4) is 0 Å². The van der Waals surface area contributed by atoms with Crippen LogP contribution in [0.15, 0.2) is 18.3 Å².